The van der Waals surface area contributed by atoms with E-state index in [-0.39, 0.29) is 13.2 Å². The predicted molar refractivity (Wildman–Crippen MR) is 95.5 cm³/mol. The van der Waals surface area contributed by atoms with Crippen LogP contribution in [0.3, 0.4) is 0 Å². The summed E-state index contributed by atoms with van der Waals surface area (Å²) in [5.74, 6) is 0.495. The van der Waals surface area contributed by atoms with E-state index in [2.05, 4.69) is 39.7 Å². The zero-order valence-corrected chi connectivity index (χ0v) is 14.4. The third-order valence-electron chi connectivity index (χ3n) is 3.16. The molecule has 0 saturated carbocycles. The third-order valence-corrected chi connectivity index (χ3v) is 4.97. The molecule has 0 spiro atoms. The smallest absolute Gasteiger partial charge is 0.224 e. The lowest BCUT2D eigenvalue weighted by molar-refractivity contribution is 1.17. The van der Waals surface area contributed by atoms with Crippen molar-refractivity contribution in [3.8, 4) is 0 Å². The summed E-state index contributed by atoms with van der Waals surface area (Å²) in [5.41, 5.74) is 1.94. The van der Waals surface area contributed by atoms with Crippen LogP contribution in [0.1, 0.15) is 0 Å². The Kier molecular flexibility index (Phi) is 4.44. The lowest BCUT2D eigenvalue weighted by Gasteiger charge is -2.17. The van der Waals surface area contributed by atoms with E-state index in [0.717, 1.165) is 16.6 Å². The molecule has 112 valence electrons. The molecule has 0 aliphatic rings. The maximum absolute atomic E-state index is 6.14. The quantitative estimate of drug-likeness (QED) is 0.560. The number of anilines is 2. The van der Waals surface area contributed by atoms with Crippen LogP contribution in [0.2, 0.25) is 10.3 Å². The van der Waals surface area contributed by atoms with Gasteiger partial charge in [-0.25, -0.2) is 4.98 Å². The topological polar surface area (TPSA) is 50.7 Å². The maximum atomic E-state index is 6.14. The molecular weight excluding hydrogens is 338 g/mol. The van der Waals surface area contributed by atoms with Crippen LogP contribution in [-0.2, 0) is 0 Å². The Bertz CT molecular complexity index is 839. The van der Waals surface area contributed by atoms with Crippen molar-refractivity contribution in [1.82, 2.24) is 15.0 Å². The Morgan fingerprint density at radius 3 is 2.68 bits per heavy atom. The van der Waals surface area contributed by atoms with Gasteiger partial charge in [0.05, 0.1) is 11.7 Å². The van der Waals surface area contributed by atoms with E-state index in [0.29, 0.717) is 10.8 Å². The molecule has 0 radical (unpaired) electrons. The van der Waals surface area contributed by atoms with E-state index in [4.69, 9.17) is 23.2 Å². The second-order valence-corrected chi connectivity index (χ2v) is 7.87. The molecule has 0 amide bonds. The maximum Gasteiger partial charge on any atom is 0.224 e. The normalized spacial score (nSPS) is 11.1. The van der Waals surface area contributed by atoms with Crippen molar-refractivity contribution in [3.05, 3.63) is 47.0 Å². The van der Waals surface area contributed by atoms with Gasteiger partial charge in [0.25, 0.3) is 0 Å². The molecule has 3 rings (SSSR count). The molecule has 0 bridgehead atoms. The van der Waals surface area contributed by atoms with Crippen molar-refractivity contribution in [3.63, 3.8) is 0 Å². The number of aromatic nitrogens is 3. The van der Waals surface area contributed by atoms with E-state index >= 15 is 0 Å². The number of hydrogen-bond acceptors (Lipinski definition) is 4. The van der Waals surface area contributed by atoms with Crippen molar-refractivity contribution in [2.45, 2.75) is 0 Å². The van der Waals surface area contributed by atoms with Gasteiger partial charge in [0.1, 0.15) is 5.02 Å². The number of benzene rings is 1. The fourth-order valence-electron chi connectivity index (χ4n) is 2.24. The molecule has 3 aromatic rings. The zero-order valence-electron chi connectivity index (χ0n) is 12.0. The van der Waals surface area contributed by atoms with Crippen LogP contribution in [0.4, 0.5) is 11.5 Å². The predicted octanol–water partition coefficient (Wildman–Crippen LogP) is 4.44. The lowest BCUT2D eigenvalue weighted by atomic mass is 10.2. The number of fused-ring (bicyclic) bond motifs is 1. The first-order chi connectivity index (χ1) is 10.6. The minimum absolute atomic E-state index is 0.155. The second-order valence-electron chi connectivity index (χ2n) is 4.89. The lowest BCUT2D eigenvalue weighted by Crippen LogP contribution is -2.11. The number of nitrogens with one attached hydrogen (secondary N) is 1. The fraction of sp³-hybridized carbons (Fsp3) is 0.133. The molecule has 0 aliphatic heterocycles. The average Bonchev–Trinajstić information content (AvgIpc) is 2.50. The largest absolute Gasteiger partial charge is 0.338 e. The van der Waals surface area contributed by atoms with Gasteiger partial charge in [-0.1, -0.05) is 31.7 Å². The van der Waals surface area contributed by atoms with E-state index < -0.39 is 0 Å². The van der Waals surface area contributed by atoms with Gasteiger partial charge in [-0.05, 0) is 37.1 Å². The van der Waals surface area contributed by atoms with Crippen molar-refractivity contribution in [2.75, 3.05) is 18.6 Å². The fourth-order valence-corrected chi connectivity index (χ4v) is 3.74. The molecule has 7 heteroatoms. The summed E-state index contributed by atoms with van der Waals surface area (Å²) in [7, 11) is -0.374. The molecule has 2 heterocycles. The van der Waals surface area contributed by atoms with Crippen LogP contribution in [-0.4, -0.2) is 28.3 Å². The molecule has 0 unspecified atom stereocenters. The Morgan fingerprint density at radius 1 is 1.09 bits per heavy atom. The average molecular weight is 351 g/mol. The van der Waals surface area contributed by atoms with Gasteiger partial charge in [-0.15, -0.1) is 0 Å². The van der Waals surface area contributed by atoms with E-state index in [1.165, 1.54) is 11.5 Å². The summed E-state index contributed by atoms with van der Waals surface area (Å²) in [6.07, 6.45) is 3.29. The number of nitrogens with zero attached hydrogens (tertiary/aromatic N) is 3. The Labute approximate surface area is 139 Å². The van der Waals surface area contributed by atoms with Crippen LogP contribution in [0, 0.1) is 0 Å². The monoisotopic (exact) mass is 350 g/mol. The molecule has 4 nitrogen and oxygen atoms in total. The summed E-state index contributed by atoms with van der Waals surface area (Å²) >= 11 is 12.0. The SMILES string of the molecule is CP(C)c1c(Nc2nc(Cl)ncc2Cl)ccc2cccnc12. The number of rotatable bonds is 3. The highest BCUT2D eigenvalue weighted by Crippen LogP contribution is 2.34. The van der Waals surface area contributed by atoms with E-state index in [1.54, 1.807) is 0 Å². The number of halogens is 2. The van der Waals surface area contributed by atoms with Gasteiger partial charge in [-0.2, -0.15) is 4.98 Å². The minimum atomic E-state index is -0.374. The van der Waals surface area contributed by atoms with Crippen LogP contribution in [0.15, 0.2) is 36.7 Å². The summed E-state index contributed by atoms with van der Waals surface area (Å²) in [4.78, 5) is 12.5. The molecule has 0 aliphatic carbocycles. The highest BCUT2D eigenvalue weighted by Gasteiger charge is 2.14. The van der Waals surface area contributed by atoms with E-state index in [1.807, 2.05) is 24.4 Å². The minimum Gasteiger partial charge on any atom is -0.338 e. The van der Waals surface area contributed by atoms with Crippen LogP contribution in [0.25, 0.3) is 10.9 Å². The Balaban J connectivity index is 2.14. The van der Waals surface area contributed by atoms with Crippen molar-refractivity contribution < 1.29 is 0 Å². The molecule has 1 aromatic carbocycles. The third kappa shape index (κ3) is 3.00. The zero-order chi connectivity index (χ0) is 15.7. The van der Waals surface area contributed by atoms with Crippen LogP contribution >= 0.6 is 31.1 Å². The standard InChI is InChI=1S/C15H13Cl2N4P/c1-22(2)13-11(6-5-9-4-3-7-18-12(9)13)20-14-10(16)8-19-15(17)21-14/h3-8H,1-2H3,(H,19,20,21). The van der Waals surface area contributed by atoms with E-state index in [9.17, 15) is 0 Å². The van der Waals surface area contributed by atoms with Gasteiger partial charge >= 0.3 is 0 Å². The summed E-state index contributed by atoms with van der Waals surface area (Å²) in [6, 6.07) is 8.05. The summed E-state index contributed by atoms with van der Waals surface area (Å²) in [5, 5.41) is 6.14. The summed E-state index contributed by atoms with van der Waals surface area (Å²) < 4.78 is 0. The summed E-state index contributed by atoms with van der Waals surface area (Å²) in [6.45, 7) is 4.39. The molecule has 0 saturated heterocycles. The molecule has 1 N–H and O–H groups in total. The highest BCUT2D eigenvalue weighted by atomic mass is 35.5. The first-order valence-electron chi connectivity index (χ1n) is 6.56. The molecule has 0 atom stereocenters. The Morgan fingerprint density at radius 2 is 1.91 bits per heavy atom. The molecule has 22 heavy (non-hydrogen) atoms. The van der Waals surface area contributed by atoms with Crippen molar-refractivity contribution in [2.24, 2.45) is 0 Å². The van der Waals surface area contributed by atoms with Gasteiger partial charge in [0.15, 0.2) is 5.82 Å². The molecular formula is C15H13Cl2N4P. The van der Waals surface area contributed by atoms with Crippen molar-refractivity contribution in [1.29, 1.82) is 0 Å². The first kappa shape index (κ1) is 15.4. The van der Waals surface area contributed by atoms with Gasteiger partial charge in [0.2, 0.25) is 5.28 Å². The number of hydrogen-bond donors (Lipinski definition) is 1. The van der Waals surface area contributed by atoms with Gasteiger partial charge in [0, 0.05) is 22.6 Å². The number of pyridine rings is 1. The highest BCUT2D eigenvalue weighted by molar-refractivity contribution is 7.65. The second kappa shape index (κ2) is 6.33. The van der Waals surface area contributed by atoms with Crippen LogP contribution < -0.4 is 10.6 Å². The molecule has 0 fully saturated rings. The Hall–Kier alpha value is -1.48. The van der Waals surface area contributed by atoms with Crippen LogP contribution in [0.5, 0.6) is 0 Å². The molecule has 2 aromatic heterocycles. The van der Waals surface area contributed by atoms with Gasteiger partial charge < -0.3 is 5.32 Å². The van der Waals surface area contributed by atoms with Gasteiger partial charge in [-0.3, -0.25) is 4.98 Å². The first-order valence-corrected chi connectivity index (χ1v) is 9.55. The van der Waals surface area contributed by atoms with Crippen molar-refractivity contribution >= 4 is 58.8 Å².